The molecule has 0 bridgehead atoms. The zero-order valence-corrected chi connectivity index (χ0v) is 19.1. The first kappa shape index (κ1) is 23.4. The molecule has 0 amide bonds. The standard InChI is InChI=1S/C22H27F3N6O2/c1-14(19-27-18(28-33-19)15-6-5-7-16(12-15)22(23,24)25)31-10-8-30(9-11-31)13-17-26-20(29-32-17)21(2,3)4/h5-7,12,14H,8-11,13H2,1-4H3/t14-/m1/s1. The van der Waals surface area contributed by atoms with Gasteiger partial charge in [0.05, 0.1) is 18.2 Å². The van der Waals surface area contributed by atoms with Crippen molar-refractivity contribution in [2.75, 3.05) is 26.2 Å². The third-order valence-electron chi connectivity index (χ3n) is 5.70. The Kier molecular flexibility index (Phi) is 6.28. The molecule has 3 heterocycles. The van der Waals surface area contributed by atoms with Gasteiger partial charge in [0.15, 0.2) is 5.82 Å². The Hall–Kier alpha value is -2.79. The Balaban J connectivity index is 1.35. The lowest BCUT2D eigenvalue weighted by molar-refractivity contribution is -0.137. The van der Waals surface area contributed by atoms with Crippen LogP contribution < -0.4 is 0 Å². The molecule has 33 heavy (non-hydrogen) atoms. The quantitative estimate of drug-likeness (QED) is 0.552. The second-order valence-electron chi connectivity index (χ2n) is 9.28. The third-order valence-corrected chi connectivity index (χ3v) is 5.70. The van der Waals surface area contributed by atoms with Gasteiger partial charge < -0.3 is 9.05 Å². The van der Waals surface area contributed by atoms with Crippen LogP contribution in [-0.2, 0) is 18.1 Å². The van der Waals surface area contributed by atoms with Crippen molar-refractivity contribution in [1.29, 1.82) is 0 Å². The highest BCUT2D eigenvalue weighted by molar-refractivity contribution is 5.55. The molecule has 11 heteroatoms. The Morgan fingerprint density at radius 2 is 1.73 bits per heavy atom. The van der Waals surface area contributed by atoms with Gasteiger partial charge in [-0.1, -0.05) is 43.2 Å². The second-order valence-corrected chi connectivity index (χ2v) is 9.28. The topological polar surface area (TPSA) is 84.3 Å². The molecule has 0 radical (unpaired) electrons. The number of nitrogens with zero attached hydrogens (tertiary/aromatic N) is 6. The molecule has 0 unspecified atom stereocenters. The highest BCUT2D eigenvalue weighted by Gasteiger charge is 2.31. The van der Waals surface area contributed by atoms with Crippen LogP contribution in [0.2, 0.25) is 0 Å². The number of hydrogen-bond donors (Lipinski definition) is 0. The van der Waals surface area contributed by atoms with Crippen LogP contribution in [0, 0.1) is 0 Å². The van der Waals surface area contributed by atoms with Crippen LogP contribution in [-0.4, -0.2) is 56.3 Å². The highest BCUT2D eigenvalue weighted by Crippen LogP contribution is 2.32. The van der Waals surface area contributed by atoms with Crippen molar-refractivity contribution < 1.29 is 22.2 Å². The molecule has 3 aromatic rings. The van der Waals surface area contributed by atoms with Gasteiger partial charge in [-0.3, -0.25) is 9.80 Å². The molecule has 4 rings (SSSR count). The van der Waals surface area contributed by atoms with Crippen molar-refractivity contribution in [3.8, 4) is 11.4 Å². The summed E-state index contributed by atoms with van der Waals surface area (Å²) in [7, 11) is 0. The molecule has 2 aromatic heterocycles. The molecule has 1 fully saturated rings. The minimum absolute atomic E-state index is 0.146. The minimum Gasteiger partial charge on any atom is -0.338 e. The number of rotatable bonds is 5. The summed E-state index contributed by atoms with van der Waals surface area (Å²) in [4.78, 5) is 13.3. The van der Waals surface area contributed by atoms with E-state index in [4.69, 9.17) is 9.05 Å². The molecule has 0 aliphatic carbocycles. The number of benzene rings is 1. The van der Waals surface area contributed by atoms with Crippen molar-refractivity contribution in [3.05, 3.63) is 47.4 Å². The summed E-state index contributed by atoms with van der Waals surface area (Å²) in [6.45, 7) is 11.8. The molecule has 178 valence electrons. The van der Waals surface area contributed by atoms with Crippen LogP contribution in [0.1, 0.15) is 56.9 Å². The fourth-order valence-corrected chi connectivity index (χ4v) is 3.64. The maximum absolute atomic E-state index is 13.0. The van der Waals surface area contributed by atoms with Gasteiger partial charge in [-0.15, -0.1) is 0 Å². The van der Waals surface area contributed by atoms with E-state index in [0.29, 0.717) is 24.2 Å². The van der Waals surface area contributed by atoms with E-state index >= 15 is 0 Å². The summed E-state index contributed by atoms with van der Waals surface area (Å²) in [6.07, 6.45) is -4.43. The first-order chi connectivity index (χ1) is 15.5. The molecular formula is C22H27F3N6O2. The Morgan fingerprint density at radius 3 is 2.36 bits per heavy atom. The van der Waals surface area contributed by atoms with Gasteiger partial charge in [-0.2, -0.15) is 23.1 Å². The number of hydrogen-bond acceptors (Lipinski definition) is 8. The predicted molar refractivity (Wildman–Crippen MR) is 113 cm³/mol. The van der Waals surface area contributed by atoms with E-state index in [2.05, 4.69) is 30.1 Å². The van der Waals surface area contributed by atoms with Gasteiger partial charge in [0.25, 0.3) is 0 Å². The molecule has 0 spiro atoms. The Labute approximate surface area is 189 Å². The largest absolute Gasteiger partial charge is 0.416 e. The van der Waals surface area contributed by atoms with Crippen LogP contribution in [0.4, 0.5) is 13.2 Å². The molecular weight excluding hydrogens is 437 g/mol. The lowest BCUT2D eigenvalue weighted by Crippen LogP contribution is -2.46. The van der Waals surface area contributed by atoms with Crippen molar-refractivity contribution in [2.45, 2.75) is 51.9 Å². The lowest BCUT2D eigenvalue weighted by Gasteiger charge is -2.36. The Morgan fingerprint density at radius 1 is 1.00 bits per heavy atom. The van der Waals surface area contributed by atoms with E-state index in [-0.39, 0.29) is 22.8 Å². The highest BCUT2D eigenvalue weighted by atomic mass is 19.4. The van der Waals surface area contributed by atoms with Crippen LogP contribution in [0.25, 0.3) is 11.4 Å². The van der Waals surface area contributed by atoms with Gasteiger partial charge in [-0.05, 0) is 19.1 Å². The van der Waals surface area contributed by atoms with Crippen molar-refractivity contribution in [1.82, 2.24) is 30.1 Å². The molecule has 1 aliphatic heterocycles. The van der Waals surface area contributed by atoms with E-state index < -0.39 is 11.7 Å². The Bertz CT molecular complexity index is 1080. The predicted octanol–water partition coefficient (Wildman–Crippen LogP) is 4.31. The summed E-state index contributed by atoms with van der Waals surface area (Å²) < 4.78 is 49.8. The summed E-state index contributed by atoms with van der Waals surface area (Å²) in [5.41, 5.74) is -0.634. The van der Waals surface area contributed by atoms with E-state index in [9.17, 15) is 13.2 Å². The molecule has 1 aliphatic rings. The van der Waals surface area contributed by atoms with Gasteiger partial charge in [0, 0.05) is 37.2 Å². The van der Waals surface area contributed by atoms with Gasteiger partial charge in [0.2, 0.25) is 17.6 Å². The summed E-state index contributed by atoms with van der Waals surface area (Å²) in [6, 6.07) is 4.77. The summed E-state index contributed by atoms with van der Waals surface area (Å²) >= 11 is 0. The summed E-state index contributed by atoms with van der Waals surface area (Å²) in [5.74, 6) is 1.82. The fraction of sp³-hybridized carbons (Fsp3) is 0.545. The third kappa shape index (κ3) is 5.41. The molecule has 8 nitrogen and oxygen atoms in total. The smallest absolute Gasteiger partial charge is 0.338 e. The van der Waals surface area contributed by atoms with Gasteiger partial charge in [0.1, 0.15) is 0 Å². The number of halogens is 3. The SMILES string of the molecule is C[C@H](c1nc(-c2cccc(C(F)(F)F)c2)no1)N1CCN(Cc2nc(C(C)(C)C)no2)CC1. The van der Waals surface area contributed by atoms with Crippen molar-refractivity contribution >= 4 is 0 Å². The van der Waals surface area contributed by atoms with Crippen molar-refractivity contribution in [3.63, 3.8) is 0 Å². The molecule has 1 atom stereocenters. The molecule has 1 aromatic carbocycles. The first-order valence-electron chi connectivity index (χ1n) is 10.8. The van der Waals surface area contributed by atoms with Crippen LogP contribution >= 0.6 is 0 Å². The number of piperazine rings is 1. The van der Waals surface area contributed by atoms with E-state index in [1.54, 1.807) is 0 Å². The van der Waals surface area contributed by atoms with Crippen LogP contribution in [0.5, 0.6) is 0 Å². The average molecular weight is 464 g/mol. The lowest BCUT2D eigenvalue weighted by atomic mass is 9.96. The normalized spacial score (nSPS) is 17.4. The molecule has 1 saturated heterocycles. The van der Waals surface area contributed by atoms with Crippen molar-refractivity contribution in [2.24, 2.45) is 0 Å². The zero-order valence-electron chi connectivity index (χ0n) is 19.1. The maximum atomic E-state index is 13.0. The maximum Gasteiger partial charge on any atom is 0.416 e. The number of aromatic nitrogens is 4. The average Bonchev–Trinajstić information content (AvgIpc) is 3.43. The van der Waals surface area contributed by atoms with E-state index in [1.165, 1.54) is 12.1 Å². The molecule has 0 saturated carbocycles. The van der Waals surface area contributed by atoms with Crippen LogP contribution in [0.3, 0.4) is 0 Å². The van der Waals surface area contributed by atoms with E-state index in [0.717, 1.165) is 38.3 Å². The van der Waals surface area contributed by atoms with Crippen LogP contribution in [0.15, 0.2) is 33.3 Å². The summed E-state index contributed by atoms with van der Waals surface area (Å²) in [5, 5.41) is 7.97. The monoisotopic (exact) mass is 464 g/mol. The van der Waals surface area contributed by atoms with Gasteiger partial charge in [-0.25, -0.2) is 0 Å². The minimum atomic E-state index is -4.43. The van der Waals surface area contributed by atoms with Gasteiger partial charge >= 0.3 is 6.18 Å². The zero-order chi connectivity index (χ0) is 23.8. The first-order valence-corrected chi connectivity index (χ1v) is 10.8. The fourth-order valence-electron chi connectivity index (χ4n) is 3.64. The second kappa shape index (κ2) is 8.86. The number of alkyl halides is 3. The van der Waals surface area contributed by atoms with E-state index in [1.807, 2.05) is 27.7 Å². The molecule has 0 N–H and O–H groups in total.